The number of rotatable bonds is 5. The van der Waals surface area contributed by atoms with Crippen LogP contribution in [0.25, 0.3) is 0 Å². The molecule has 1 aliphatic carbocycles. The standard InChI is InChI=1S/C16H25ClN4/c1-11(10-21-8-4-3-5-9-21)18-15-12(2)14(17)19-16(20-15)13-6-7-13/h11,13H,3-10H2,1-2H3,(H,18,19,20). The van der Waals surface area contributed by atoms with Crippen molar-refractivity contribution >= 4 is 17.4 Å². The van der Waals surface area contributed by atoms with Crippen molar-refractivity contribution in [2.24, 2.45) is 0 Å². The molecule has 1 unspecified atom stereocenters. The lowest BCUT2D eigenvalue weighted by Gasteiger charge is -2.29. The number of piperidine rings is 1. The molecular formula is C16H25ClN4. The topological polar surface area (TPSA) is 41.1 Å². The summed E-state index contributed by atoms with van der Waals surface area (Å²) in [5, 5.41) is 4.14. The van der Waals surface area contributed by atoms with Gasteiger partial charge in [0, 0.05) is 24.1 Å². The minimum absolute atomic E-state index is 0.375. The summed E-state index contributed by atoms with van der Waals surface area (Å²) in [6, 6.07) is 0.375. The van der Waals surface area contributed by atoms with Gasteiger partial charge in [-0.25, -0.2) is 9.97 Å². The van der Waals surface area contributed by atoms with Gasteiger partial charge in [0.2, 0.25) is 0 Å². The molecule has 2 heterocycles. The maximum absolute atomic E-state index is 6.26. The van der Waals surface area contributed by atoms with Crippen molar-refractivity contribution < 1.29 is 0 Å². The molecule has 1 atom stereocenters. The van der Waals surface area contributed by atoms with Crippen molar-refractivity contribution in [3.05, 3.63) is 16.5 Å². The highest BCUT2D eigenvalue weighted by atomic mass is 35.5. The maximum Gasteiger partial charge on any atom is 0.137 e. The largest absolute Gasteiger partial charge is 0.366 e. The summed E-state index contributed by atoms with van der Waals surface area (Å²) < 4.78 is 0. The molecule has 4 nitrogen and oxygen atoms in total. The number of halogens is 1. The van der Waals surface area contributed by atoms with Gasteiger partial charge in [-0.1, -0.05) is 18.0 Å². The summed E-state index contributed by atoms with van der Waals surface area (Å²) in [7, 11) is 0. The summed E-state index contributed by atoms with van der Waals surface area (Å²) in [5.74, 6) is 2.36. The van der Waals surface area contributed by atoms with Gasteiger partial charge in [0.15, 0.2) is 0 Å². The predicted molar refractivity (Wildman–Crippen MR) is 87.1 cm³/mol. The summed E-state index contributed by atoms with van der Waals surface area (Å²) in [4.78, 5) is 11.7. The molecule has 2 fully saturated rings. The lowest BCUT2D eigenvalue weighted by Crippen LogP contribution is -2.38. The van der Waals surface area contributed by atoms with Crippen molar-refractivity contribution in [2.75, 3.05) is 25.0 Å². The van der Waals surface area contributed by atoms with Gasteiger partial charge in [-0.05, 0) is 52.6 Å². The van der Waals surface area contributed by atoms with Crippen LogP contribution in [-0.4, -0.2) is 40.5 Å². The fourth-order valence-electron chi connectivity index (χ4n) is 2.98. The second-order valence-electron chi connectivity index (χ2n) is 6.53. The van der Waals surface area contributed by atoms with Crippen LogP contribution in [0.4, 0.5) is 5.82 Å². The first-order valence-electron chi connectivity index (χ1n) is 8.16. The summed E-state index contributed by atoms with van der Waals surface area (Å²) in [5.41, 5.74) is 0.964. The Balaban J connectivity index is 1.65. The van der Waals surface area contributed by atoms with Crippen molar-refractivity contribution in [3.63, 3.8) is 0 Å². The van der Waals surface area contributed by atoms with Gasteiger partial charge < -0.3 is 10.2 Å². The molecule has 116 valence electrons. The van der Waals surface area contributed by atoms with Crippen molar-refractivity contribution in [3.8, 4) is 0 Å². The van der Waals surface area contributed by atoms with Crippen LogP contribution in [0.5, 0.6) is 0 Å². The van der Waals surface area contributed by atoms with E-state index in [9.17, 15) is 0 Å². The van der Waals surface area contributed by atoms with Crippen LogP contribution in [0.1, 0.15) is 56.3 Å². The quantitative estimate of drug-likeness (QED) is 0.844. The molecule has 5 heteroatoms. The van der Waals surface area contributed by atoms with E-state index in [0.29, 0.717) is 17.1 Å². The Labute approximate surface area is 132 Å². The monoisotopic (exact) mass is 308 g/mol. The first-order valence-corrected chi connectivity index (χ1v) is 8.54. The number of aromatic nitrogens is 2. The van der Waals surface area contributed by atoms with Gasteiger partial charge in [-0.2, -0.15) is 0 Å². The van der Waals surface area contributed by atoms with E-state index in [1.54, 1.807) is 0 Å². The molecule has 1 aromatic heterocycles. The Morgan fingerprint density at radius 1 is 1.24 bits per heavy atom. The van der Waals surface area contributed by atoms with Crippen molar-refractivity contribution in [1.82, 2.24) is 14.9 Å². The van der Waals surface area contributed by atoms with E-state index in [2.05, 4.69) is 22.1 Å². The molecule has 1 aromatic rings. The number of anilines is 1. The van der Waals surface area contributed by atoms with E-state index in [0.717, 1.165) is 23.8 Å². The molecular weight excluding hydrogens is 284 g/mol. The molecule has 21 heavy (non-hydrogen) atoms. The minimum Gasteiger partial charge on any atom is -0.366 e. The van der Waals surface area contributed by atoms with Crippen LogP contribution in [0.2, 0.25) is 5.15 Å². The van der Waals surface area contributed by atoms with Crippen LogP contribution in [0.3, 0.4) is 0 Å². The van der Waals surface area contributed by atoms with Crippen molar-refractivity contribution in [1.29, 1.82) is 0 Å². The van der Waals surface area contributed by atoms with Gasteiger partial charge in [0.1, 0.15) is 16.8 Å². The van der Waals surface area contributed by atoms with Crippen LogP contribution in [-0.2, 0) is 0 Å². The van der Waals surface area contributed by atoms with Crippen LogP contribution < -0.4 is 5.32 Å². The molecule has 1 aliphatic heterocycles. The van der Waals surface area contributed by atoms with Crippen LogP contribution in [0.15, 0.2) is 0 Å². The number of nitrogens with one attached hydrogen (secondary N) is 1. The number of hydrogen-bond acceptors (Lipinski definition) is 4. The van der Waals surface area contributed by atoms with Gasteiger partial charge >= 0.3 is 0 Å². The molecule has 1 saturated heterocycles. The Morgan fingerprint density at radius 3 is 2.62 bits per heavy atom. The third-order valence-electron chi connectivity index (χ3n) is 4.41. The lowest BCUT2D eigenvalue weighted by atomic mass is 10.1. The van der Waals surface area contributed by atoms with E-state index in [-0.39, 0.29) is 0 Å². The average Bonchev–Trinajstić information content (AvgIpc) is 3.29. The Morgan fingerprint density at radius 2 is 1.95 bits per heavy atom. The first-order chi connectivity index (χ1) is 10.1. The fraction of sp³-hybridized carbons (Fsp3) is 0.750. The zero-order valence-corrected chi connectivity index (χ0v) is 13.8. The number of hydrogen-bond donors (Lipinski definition) is 1. The van der Waals surface area contributed by atoms with Gasteiger partial charge in [-0.15, -0.1) is 0 Å². The normalized spacial score (nSPS) is 21.3. The van der Waals surface area contributed by atoms with Gasteiger partial charge in [0.25, 0.3) is 0 Å². The van der Waals surface area contributed by atoms with E-state index >= 15 is 0 Å². The molecule has 0 radical (unpaired) electrons. The highest BCUT2D eigenvalue weighted by molar-refractivity contribution is 6.30. The third kappa shape index (κ3) is 3.86. The number of likely N-dealkylation sites (tertiary alicyclic amines) is 1. The highest BCUT2D eigenvalue weighted by Crippen LogP contribution is 2.39. The van der Waals surface area contributed by atoms with E-state index in [4.69, 9.17) is 16.6 Å². The predicted octanol–water partition coefficient (Wildman–Crippen LogP) is 3.60. The Hall–Kier alpha value is -0.870. The summed E-state index contributed by atoms with van der Waals surface area (Å²) in [6.45, 7) is 7.74. The molecule has 0 bridgehead atoms. The van der Waals surface area contributed by atoms with Crippen molar-refractivity contribution in [2.45, 2.75) is 57.9 Å². The second-order valence-corrected chi connectivity index (χ2v) is 6.89. The van der Waals surface area contributed by atoms with E-state index < -0.39 is 0 Å². The van der Waals surface area contributed by atoms with Crippen LogP contribution >= 0.6 is 11.6 Å². The molecule has 3 rings (SSSR count). The second kappa shape index (κ2) is 6.49. The SMILES string of the molecule is Cc1c(Cl)nc(C2CC2)nc1NC(C)CN1CCCCC1. The molecule has 0 spiro atoms. The first kappa shape index (κ1) is 15.0. The van der Waals surface area contributed by atoms with Gasteiger partial charge in [0.05, 0.1) is 0 Å². The zero-order chi connectivity index (χ0) is 14.8. The molecule has 2 aliphatic rings. The summed E-state index contributed by atoms with van der Waals surface area (Å²) in [6.07, 6.45) is 6.43. The number of nitrogens with zero attached hydrogens (tertiary/aromatic N) is 3. The zero-order valence-electron chi connectivity index (χ0n) is 13.0. The molecule has 0 amide bonds. The Kier molecular flexibility index (Phi) is 4.65. The molecule has 1 N–H and O–H groups in total. The third-order valence-corrected chi connectivity index (χ3v) is 4.78. The van der Waals surface area contributed by atoms with E-state index in [1.165, 1.54) is 45.2 Å². The Bertz CT molecular complexity index is 495. The highest BCUT2D eigenvalue weighted by Gasteiger charge is 2.28. The van der Waals surface area contributed by atoms with E-state index in [1.807, 2.05) is 6.92 Å². The lowest BCUT2D eigenvalue weighted by molar-refractivity contribution is 0.223. The average molecular weight is 309 g/mol. The van der Waals surface area contributed by atoms with Crippen LogP contribution in [0, 0.1) is 6.92 Å². The molecule has 0 aromatic carbocycles. The van der Waals surface area contributed by atoms with Gasteiger partial charge in [-0.3, -0.25) is 0 Å². The minimum atomic E-state index is 0.375. The fourth-order valence-corrected chi connectivity index (χ4v) is 3.15. The molecule has 1 saturated carbocycles. The smallest absolute Gasteiger partial charge is 0.137 e. The summed E-state index contributed by atoms with van der Waals surface area (Å²) >= 11 is 6.26. The maximum atomic E-state index is 6.26.